The Kier molecular flexibility index (Phi) is 8.59. The van der Waals surface area contributed by atoms with Gasteiger partial charge in [-0.05, 0) is 41.5 Å². The molecule has 200 valence electrons. The first-order valence-electron chi connectivity index (χ1n) is 12.7. The first kappa shape index (κ1) is 27.2. The molecule has 8 heteroatoms. The van der Waals surface area contributed by atoms with Crippen LogP contribution in [0.2, 0.25) is 10.0 Å². The second-order valence-electron chi connectivity index (χ2n) is 9.27. The minimum absolute atomic E-state index is 0.0246. The monoisotopic (exact) mass is 568 g/mol. The average Bonchev–Trinajstić information content (AvgIpc) is 3.32. The summed E-state index contributed by atoms with van der Waals surface area (Å²) in [6, 6.07) is 31.2. The zero-order valence-electron chi connectivity index (χ0n) is 21.4. The molecule has 0 saturated heterocycles. The van der Waals surface area contributed by atoms with E-state index >= 15 is 0 Å². The van der Waals surface area contributed by atoms with Gasteiger partial charge in [0.05, 0.1) is 18.7 Å². The Labute approximate surface area is 242 Å². The van der Waals surface area contributed by atoms with Crippen molar-refractivity contribution in [3.05, 3.63) is 142 Å². The zero-order valence-corrected chi connectivity index (χ0v) is 22.9. The summed E-state index contributed by atoms with van der Waals surface area (Å²) in [5, 5.41) is 9.38. The van der Waals surface area contributed by atoms with Crippen molar-refractivity contribution in [2.24, 2.45) is 5.10 Å². The molecule has 5 rings (SSSR count). The highest BCUT2D eigenvalue weighted by molar-refractivity contribution is 6.35. The topological polar surface area (TPSA) is 75.5 Å². The van der Waals surface area contributed by atoms with Crippen LogP contribution >= 0.6 is 23.2 Å². The molecule has 1 aromatic heterocycles. The number of hydrogen-bond acceptors (Lipinski definition) is 3. The van der Waals surface area contributed by atoms with E-state index in [1.165, 1.54) is 0 Å². The van der Waals surface area contributed by atoms with Crippen molar-refractivity contribution in [1.29, 1.82) is 0 Å². The number of aromatic nitrogens is 1. The molecule has 2 N–H and O–H groups in total. The summed E-state index contributed by atoms with van der Waals surface area (Å²) in [6.45, 7) is 0.552. The van der Waals surface area contributed by atoms with Gasteiger partial charge in [0.25, 0.3) is 5.91 Å². The second kappa shape index (κ2) is 12.6. The summed E-state index contributed by atoms with van der Waals surface area (Å²) in [5.41, 5.74) is 6.76. The Morgan fingerprint density at radius 2 is 1.57 bits per heavy atom. The maximum absolute atomic E-state index is 12.9. The Hall–Kier alpha value is -4.39. The van der Waals surface area contributed by atoms with Crippen LogP contribution in [0, 0.1) is 0 Å². The van der Waals surface area contributed by atoms with E-state index in [0.29, 0.717) is 22.2 Å². The van der Waals surface area contributed by atoms with E-state index in [1.54, 1.807) is 36.5 Å². The maximum atomic E-state index is 12.9. The van der Waals surface area contributed by atoms with Crippen molar-refractivity contribution in [2.75, 3.05) is 0 Å². The van der Waals surface area contributed by atoms with Crippen LogP contribution in [0.25, 0.3) is 10.9 Å². The molecule has 0 aliphatic heterocycles. The molecular weight excluding hydrogens is 543 g/mol. The third-order valence-corrected chi connectivity index (χ3v) is 7.09. The van der Waals surface area contributed by atoms with Crippen LogP contribution in [0.5, 0.6) is 0 Å². The lowest BCUT2D eigenvalue weighted by atomic mass is 10.0. The smallest absolute Gasteiger partial charge is 0.251 e. The van der Waals surface area contributed by atoms with Crippen LogP contribution in [0.15, 0.2) is 114 Å². The van der Waals surface area contributed by atoms with Gasteiger partial charge >= 0.3 is 0 Å². The molecule has 0 fully saturated rings. The Bertz CT molecular complexity index is 1670. The standard InChI is InChI=1S/C32H26Cl2N4O2/c33-26-16-15-24(28(34)17-26)20-38-21-25(27-13-7-8-14-30(27)38)19-35-37-31(39)18-29(22-9-3-1-4-10-22)36-32(40)23-11-5-2-6-12-23/h1-17,19,21,29H,18,20H2,(H,36,40)(H,37,39)/b35-19-/t29-/m1/s1. The van der Waals surface area contributed by atoms with Gasteiger partial charge in [-0.3, -0.25) is 9.59 Å². The fraction of sp³-hybridized carbons (Fsp3) is 0.0938. The normalized spacial score (nSPS) is 11.9. The number of rotatable bonds is 9. The largest absolute Gasteiger partial charge is 0.345 e. The third-order valence-electron chi connectivity index (χ3n) is 6.50. The molecule has 0 radical (unpaired) electrons. The fourth-order valence-corrected chi connectivity index (χ4v) is 4.98. The van der Waals surface area contributed by atoms with E-state index in [2.05, 4.69) is 20.4 Å². The highest BCUT2D eigenvalue weighted by Gasteiger charge is 2.19. The number of carbonyl (C=O) groups is 2. The highest BCUT2D eigenvalue weighted by Crippen LogP contribution is 2.26. The molecule has 5 aromatic rings. The van der Waals surface area contributed by atoms with Gasteiger partial charge in [-0.25, -0.2) is 5.43 Å². The van der Waals surface area contributed by atoms with Crippen molar-refractivity contribution in [3.8, 4) is 0 Å². The molecule has 0 saturated carbocycles. The minimum atomic E-state index is -0.518. The average molecular weight is 569 g/mol. The van der Waals surface area contributed by atoms with E-state index in [4.69, 9.17) is 23.2 Å². The van der Waals surface area contributed by atoms with Gasteiger partial charge in [-0.2, -0.15) is 5.10 Å². The van der Waals surface area contributed by atoms with Gasteiger partial charge in [0.2, 0.25) is 5.91 Å². The fourth-order valence-electron chi connectivity index (χ4n) is 4.52. The van der Waals surface area contributed by atoms with E-state index in [1.807, 2.05) is 79.0 Å². The van der Waals surface area contributed by atoms with Crippen molar-refractivity contribution >= 4 is 52.1 Å². The van der Waals surface area contributed by atoms with E-state index in [0.717, 1.165) is 27.6 Å². The lowest BCUT2D eigenvalue weighted by Gasteiger charge is -2.18. The van der Waals surface area contributed by atoms with Gasteiger partial charge in [-0.1, -0.05) is 96.0 Å². The lowest BCUT2D eigenvalue weighted by Crippen LogP contribution is -2.32. The summed E-state index contributed by atoms with van der Waals surface area (Å²) < 4.78 is 2.08. The molecule has 0 bridgehead atoms. The number of nitrogens with zero attached hydrogens (tertiary/aromatic N) is 2. The summed E-state index contributed by atoms with van der Waals surface area (Å²) in [4.78, 5) is 25.7. The van der Waals surface area contributed by atoms with Gasteiger partial charge in [-0.15, -0.1) is 0 Å². The highest BCUT2D eigenvalue weighted by atomic mass is 35.5. The van der Waals surface area contributed by atoms with Crippen molar-refractivity contribution in [2.45, 2.75) is 19.0 Å². The molecule has 0 unspecified atom stereocenters. The summed E-state index contributed by atoms with van der Waals surface area (Å²) in [5.74, 6) is -0.575. The predicted octanol–water partition coefficient (Wildman–Crippen LogP) is 7.01. The van der Waals surface area contributed by atoms with E-state index in [-0.39, 0.29) is 18.2 Å². The Morgan fingerprint density at radius 3 is 2.33 bits per heavy atom. The molecule has 0 aliphatic rings. The van der Waals surface area contributed by atoms with Crippen molar-refractivity contribution in [3.63, 3.8) is 0 Å². The van der Waals surface area contributed by atoms with Gasteiger partial charge in [0.15, 0.2) is 0 Å². The van der Waals surface area contributed by atoms with Crippen molar-refractivity contribution < 1.29 is 9.59 Å². The first-order valence-corrected chi connectivity index (χ1v) is 13.5. The molecule has 1 atom stereocenters. The van der Waals surface area contributed by atoms with Crippen LogP contribution < -0.4 is 10.7 Å². The Balaban J connectivity index is 1.30. The van der Waals surface area contributed by atoms with E-state index in [9.17, 15) is 9.59 Å². The molecule has 0 spiro atoms. The molecule has 0 aliphatic carbocycles. The third kappa shape index (κ3) is 6.60. The predicted molar refractivity (Wildman–Crippen MR) is 161 cm³/mol. The zero-order chi connectivity index (χ0) is 27.9. The number of nitrogens with one attached hydrogen (secondary N) is 2. The van der Waals surface area contributed by atoms with Crippen molar-refractivity contribution in [1.82, 2.24) is 15.3 Å². The van der Waals surface area contributed by atoms with Crippen LogP contribution in [-0.4, -0.2) is 22.6 Å². The lowest BCUT2D eigenvalue weighted by molar-refractivity contribution is -0.121. The van der Waals surface area contributed by atoms with Gasteiger partial charge in [0.1, 0.15) is 0 Å². The number of hydrogen-bond donors (Lipinski definition) is 2. The van der Waals surface area contributed by atoms with Crippen LogP contribution in [0.1, 0.15) is 39.5 Å². The molecule has 4 aromatic carbocycles. The number of para-hydroxylation sites is 1. The summed E-state index contributed by atoms with van der Waals surface area (Å²) >= 11 is 12.5. The van der Waals surface area contributed by atoms with Crippen LogP contribution in [0.4, 0.5) is 0 Å². The van der Waals surface area contributed by atoms with Crippen LogP contribution in [0.3, 0.4) is 0 Å². The molecular formula is C32H26Cl2N4O2. The number of fused-ring (bicyclic) bond motifs is 1. The molecule has 6 nitrogen and oxygen atoms in total. The number of halogens is 2. The number of carbonyl (C=O) groups excluding carboxylic acids is 2. The SMILES string of the molecule is O=C(C[C@@H](NC(=O)c1ccccc1)c1ccccc1)N/N=C\c1cn(Cc2ccc(Cl)cc2Cl)c2ccccc12. The van der Waals surface area contributed by atoms with Crippen LogP contribution in [-0.2, 0) is 11.3 Å². The maximum Gasteiger partial charge on any atom is 0.251 e. The van der Waals surface area contributed by atoms with Gasteiger partial charge < -0.3 is 9.88 Å². The molecule has 40 heavy (non-hydrogen) atoms. The Morgan fingerprint density at radius 1 is 0.875 bits per heavy atom. The first-order chi connectivity index (χ1) is 19.5. The molecule has 1 heterocycles. The number of benzene rings is 4. The number of hydrazone groups is 1. The summed E-state index contributed by atoms with van der Waals surface area (Å²) in [6.07, 6.45) is 3.62. The van der Waals surface area contributed by atoms with Gasteiger partial charge in [0, 0.05) is 44.8 Å². The minimum Gasteiger partial charge on any atom is -0.345 e. The quantitative estimate of drug-likeness (QED) is 0.148. The molecule has 2 amide bonds. The number of amides is 2. The second-order valence-corrected chi connectivity index (χ2v) is 10.1. The van der Waals surface area contributed by atoms with E-state index < -0.39 is 6.04 Å². The summed E-state index contributed by atoms with van der Waals surface area (Å²) in [7, 11) is 0.